The number of esters is 3. The summed E-state index contributed by atoms with van der Waals surface area (Å²) < 4.78 is 118. The lowest BCUT2D eigenvalue weighted by Crippen LogP contribution is -2.49. The van der Waals surface area contributed by atoms with E-state index in [0.717, 1.165) is 19.3 Å². The van der Waals surface area contributed by atoms with Crippen LogP contribution < -0.4 is 29.5 Å². The summed E-state index contributed by atoms with van der Waals surface area (Å²) in [6.45, 7) is 31.6. The van der Waals surface area contributed by atoms with E-state index in [2.05, 4.69) is 24.0 Å². The van der Waals surface area contributed by atoms with Crippen LogP contribution in [0.25, 0.3) is 21.8 Å². The Labute approximate surface area is 721 Å². The SMILES string of the molecule is CC1(OS(N)(=O)=O)CC1.CC[C@@H]1C[C@]1(CC(=O)[C@@H]1C[C@@H](Oc2cc(OCC(OC)OC)nc3c(Cl)cccc23)CN1C(=O)[C@@H](CC(=O)OC(C)(C)C)C(C)(C)C)C(=O)NS(=O)(=O)OC1(C)CC1.CC[C@@H]1C[C@]1(CC(=O)[C@@H]1C[C@H](C)CN1C(=O)[C@@H](CC(=O)OC(C)(C)C)C(C)(C)C)C(=O)OC.COC(COc1cc(=O)c2cccc(Cl)c2[nH]1)(OC)OC. The smallest absolute Gasteiger partial charge is 0.362 e. The second kappa shape index (κ2) is 40.0. The highest BCUT2D eigenvalue weighted by Gasteiger charge is 2.63. The van der Waals surface area contributed by atoms with Gasteiger partial charge in [0.15, 0.2) is 35.8 Å². The largest absolute Gasteiger partial charge is 0.488 e. The van der Waals surface area contributed by atoms with Crippen molar-refractivity contribution in [2.75, 3.05) is 69.0 Å². The highest BCUT2D eigenvalue weighted by molar-refractivity contribution is 7.85. The third-order valence-corrected chi connectivity index (χ3v) is 24.9. The molecule has 0 radical (unpaired) electrons. The number of carbonyl (C=O) groups is 8. The second-order valence-corrected chi connectivity index (χ2v) is 40.2. The average molecular weight is 1780 g/mol. The maximum atomic E-state index is 14.7. The first-order valence-corrected chi connectivity index (χ1v) is 44.3. The summed E-state index contributed by atoms with van der Waals surface area (Å²) in [6, 6.07) is 11.6. The summed E-state index contributed by atoms with van der Waals surface area (Å²) in [5.74, 6) is -5.31. The van der Waals surface area contributed by atoms with Gasteiger partial charge < -0.3 is 66.9 Å². The number of hydrogen-bond donors (Lipinski definition) is 3. The first-order valence-electron chi connectivity index (χ1n) is 40.7. The highest BCUT2D eigenvalue weighted by atomic mass is 35.5. The standard InChI is InChI=1S/C41H58ClN3O12S.C26H43NO6.C14H16ClNO5.C4H9NO3S/c1-11-24-20-41(24,37(49)44-58(50,51)57-40(8)15-16-40)21-30(46)29-17-25(22-45(29)36(48)27(38(2,3)4)18-33(47)56-39(5,6)7)55-31-19-32(54-23-34(52-9)53-10)43-35-26(31)13-12-14-28(35)42;1-10-17-13-26(17,23(31)32-9)14-20(28)19-11-16(2)15-27(19)22(30)18(24(3,4)5)12-21(29)33-25(6,7)8;1-18-14(19-2,20-3)8-21-12-7-11(17)9-5-4-6-10(15)13(9)16-12;1-4(2-3-4)8-9(5,6)7/h12-14,19,24-25,27,29,34H,11,15-18,20-23H2,1-10H3,(H,44,49);16-19H,10-15H2,1-9H3;4-7H,8H2,1-3H3,(H,16,17);2-3H2,1H3,(H2,5,6,7)/t24-,25-,27-,29+,41-;16-,17+,18+,19-,26+;;/m10../s1. The minimum Gasteiger partial charge on any atom is -0.488 e. The Hall–Kier alpha value is -7.22. The van der Waals surface area contributed by atoms with Crippen LogP contribution in [0.2, 0.25) is 10.0 Å². The van der Waals surface area contributed by atoms with Crippen LogP contribution in [0.15, 0.2) is 53.3 Å². The molecule has 121 heavy (non-hydrogen) atoms. The Morgan fingerprint density at radius 3 is 1.58 bits per heavy atom. The van der Waals surface area contributed by atoms with Gasteiger partial charge in [-0.15, -0.1) is 0 Å². The van der Waals surface area contributed by atoms with E-state index in [4.69, 9.17) is 79.5 Å². The molecule has 32 nitrogen and oxygen atoms in total. The molecule has 0 spiro atoms. The van der Waals surface area contributed by atoms with Crippen molar-refractivity contribution in [2.24, 2.45) is 56.4 Å². The lowest BCUT2D eigenvalue weighted by Gasteiger charge is -2.35. The number of carbonyl (C=O) groups excluding carboxylic acids is 8. The molecule has 4 heterocycles. The number of H-pyrrole nitrogens is 1. The lowest BCUT2D eigenvalue weighted by molar-refractivity contribution is -0.361. The first-order chi connectivity index (χ1) is 55.9. The number of aromatic amines is 1. The molecule has 0 bridgehead atoms. The van der Waals surface area contributed by atoms with Crippen LogP contribution in [-0.4, -0.2) is 206 Å². The van der Waals surface area contributed by atoms with Gasteiger partial charge in [-0.1, -0.05) is 110 Å². The number of nitrogens with two attached hydrogens (primary N) is 1. The average Bonchev–Trinajstić information content (AvgIpc) is 1.57. The molecule has 3 amide bonds. The molecule has 10 atom stereocenters. The molecule has 2 saturated heterocycles. The number of amides is 3. The number of ketones is 2. The normalized spacial score (nSPS) is 22.7. The Bertz CT molecular complexity index is 4670. The number of Topliss-reactive ketones (excluding diaryl/α,β-unsaturated/α-hetero) is 2. The lowest BCUT2D eigenvalue weighted by atomic mass is 9.77. The van der Waals surface area contributed by atoms with Gasteiger partial charge in [0.25, 0.3) is 0 Å². The van der Waals surface area contributed by atoms with Gasteiger partial charge >= 0.3 is 44.5 Å². The fourth-order valence-corrected chi connectivity index (χ4v) is 17.5. The van der Waals surface area contributed by atoms with Gasteiger partial charge in [-0.05, 0) is 153 Å². The van der Waals surface area contributed by atoms with Crippen molar-refractivity contribution in [2.45, 2.75) is 260 Å². The number of halogens is 2. The number of nitrogens with one attached hydrogen (secondary N) is 2. The number of pyridine rings is 2. The Balaban J connectivity index is 0.000000265. The molecular formula is C85H126Cl2N6O26S2. The summed E-state index contributed by atoms with van der Waals surface area (Å²) >= 11 is 12.7. The summed E-state index contributed by atoms with van der Waals surface area (Å²) in [4.78, 5) is 131. The van der Waals surface area contributed by atoms with Gasteiger partial charge in [-0.25, -0.2) is 19.0 Å². The topological polar surface area (TPSA) is 415 Å². The predicted octanol–water partition coefficient (Wildman–Crippen LogP) is 12.0. The minimum absolute atomic E-state index is 0.00431. The number of para-hydroxylation sites is 2. The van der Waals surface area contributed by atoms with Crippen LogP contribution in [0, 0.1) is 51.2 Å². The van der Waals surface area contributed by atoms with Crippen molar-refractivity contribution < 1.29 is 116 Å². The molecule has 4 aliphatic carbocycles. The number of aromatic nitrogens is 2. The molecule has 2 aliphatic heterocycles. The second-order valence-electron chi connectivity index (χ2n) is 37.0. The molecule has 2 aromatic heterocycles. The predicted molar refractivity (Wildman–Crippen MR) is 450 cm³/mol. The van der Waals surface area contributed by atoms with E-state index in [-0.39, 0.29) is 111 Å². The van der Waals surface area contributed by atoms with E-state index in [1.165, 1.54) is 53.6 Å². The zero-order chi connectivity index (χ0) is 90.9. The van der Waals surface area contributed by atoms with Crippen LogP contribution in [0.3, 0.4) is 0 Å². The molecule has 678 valence electrons. The number of hydrogen-bond acceptors (Lipinski definition) is 27. The van der Waals surface area contributed by atoms with Crippen molar-refractivity contribution in [3.63, 3.8) is 0 Å². The molecule has 10 rings (SSSR count). The number of rotatable bonds is 34. The zero-order valence-corrected chi connectivity index (χ0v) is 77.3. The summed E-state index contributed by atoms with van der Waals surface area (Å²) in [7, 11) is 0.434. The minimum atomic E-state index is -4.44. The quantitative estimate of drug-likeness (QED) is 0.0222. The summed E-state index contributed by atoms with van der Waals surface area (Å²) in [5.41, 5.74) is -5.32. The molecule has 4 saturated carbocycles. The third-order valence-electron chi connectivity index (χ3n) is 22.6. The molecular weight excluding hydrogens is 1660 g/mol. The van der Waals surface area contributed by atoms with Crippen molar-refractivity contribution in [1.82, 2.24) is 24.5 Å². The maximum Gasteiger partial charge on any atom is 0.362 e. The van der Waals surface area contributed by atoms with Gasteiger partial charge in [0.05, 0.1) is 93.5 Å². The Kier molecular flexibility index (Phi) is 33.3. The van der Waals surface area contributed by atoms with Gasteiger partial charge in [-0.2, -0.15) is 16.8 Å². The van der Waals surface area contributed by atoms with Crippen LogP contribution in [0.1, 0.15) is 208 Å². The van der Waals surface area contributed by atoms with E-state index < -0.39 is 136 Å². The van der Waals surface area contributed by atoms with Gasteiger partial charge in [0.1, 0.15) is 29.7 Å². The third kappa shape index (κ3) is 27.6. The van der Waals surface area contributed by atoms with E-state index in [1.807, 2.05) is 62.3 Å². The van der Waals surface area contributed by atoms with Crippen LogP contribution in [0.5, 0.6) is 17.5 Å². The van der Waals surface area contributed by atoms with Crippen molar-refractivity contribution in [1.29, 1.82) is 0 Å². The van der Waals surface area contributed by atoms with Gasteiger partial charge in [-0.3, -0.25) is 47.3 Å². The number of ether oxygens (including phenoxy) is 11. The van der Waals surface area contributed by atoms with Crippen LogP contribution >= 0.6 is 23.2 Å². The molecule has 6 fully saturated rings. The number of likely N-dealkylation sites (tertiary alicyclic amines) is 2. The van der Waals surface area contributed by atoms with E-state index in [1.54, 1.807) is 103 Å². The van der Waals surface area contributed by atoms with Crippen LogP contribution in [-0.2, 0) is 105 Å². The molecule has 4 N–H and O–H groups in total. The summed E-state index contributed by atoms with van der Waals surface area (Å²) in [6.07, 6.45) is 3.64. The molecule has 4 aromatic rings. The van der Waals surface area contributed by atoms with Crippen molar-refractivity contribution in [3.05, 3.63) is 68.8 Å². The molecule has 36 heteroatoms. The van der Waals surface area contributed by atoms with E-state index in [0.29, 0.717) is 76.2 Å². The highest BCUT2D eigenvalue weighted by Crippen LogP contribution is 2.60. The Morgan fingerprint density at radius 2 is 1.12 bits per heavy atom. The van der Waals surface area contributed by atoms with E-state index in [9.17, 15) is 60.0 Å². The van der Waals surface area contributed by atoms with Crippen molar-refractivity contribution >= 4 is 113 Å². The molecule has 6 aliphatic rings. The maximum absolute atomic E-state index is 14.7. The monoisotopic (exact) mass is 1780 g/mol. The van der Waals surface area contributed by atoms with Crippen molar-refractivity contribution in [3.8, 4) is 17.5 Å². The number of fused-ring (bicyclic) bond motifs is 2. The fraction of sp³-hybridized carbons (Fsp3) is 0.694. The summed E-state index contributed by atoms with van der Waals surface area (Å²) in [5, 5.41) is 6.44. The Morgan fingerprint density at radius 1 is 0.645 bits per heavy atom. The first kappa shape index (κ1) is 101. The number of nitrogens with zero attached hydrogens (tertiary/aromatic N) is 3. The number of benzene rings is 2. The number of methoxy groups -OCH3 is 6. The molecule has 0 unspecified atom stereocenters. The van der Waals surface area contributed by atoms with Crippen LogP contribution in [0.4, 0.5) is 0 Å². The van der Waals surface area contributed by atoms with Gasteiger partial charge in [0.2, 0.25) is 23.6 Å². The molecule has 2 aromatic carbocycles. The fourth-order valence-electron chi connectivity index (χ4n) is 15.1. The zero-order valence-electron chi connectivity index (χ0n) is 74.1. The van der Waals surface area contributed by atoms with Gasteiger partial charge in [0, 0.05) is 84.3 Å². The van der Waals surface area contributed by atoms with E-state index >= 15 is 0 Å².